The molecule has 3 aliphatic heterocycles. The van der Waals surface area contributed by atoms with Gasteiger partial charge in [0.25, 0.3) is 5.91 Å². The summed E-state index contributed by atoms with van der Waals surface area (Å²) in [6, 6.07) is 7.99. The number of nitrogens with zero attached hydrogens (tertiary/aromatic N) is 3. The highest BCUT2D eigenvalue weighted by molar-refractivity contribution is 7.91. The molecule has 1 aromatic carbocycles. The maximum atomic E-state index is 14.7. The summed E-state index contributed by atoms with van der Waals surface area (Å²) in [5.41, 5.74) is 0.405. The Bertz CT molecular complexity index is 1960. The average Bonchev–Trinajstić information content (AvgIpc) is 3.99. The van der Waals surface area contributed by atoms with Crippen LogP contribution in [0.15, 0.2) is 42.5 Å². The van der Waals surface area contributed by atoms with Gasteiger partial charge in [0.2, 0.25) is 27.7 Å². The molecule has 0 unspecified atom stereocenters. The summed E-state index contributed by atoms with van der Waals surface area (Å²) in [5, 5.41) is 6.29. The van der Waals surface area contributed by atoms with Gasteiger partial charge in [0.15, 0.2) is 0 Å². The molecule has 4 amide bonds. The van der Waals surface area contributed by atoms with E-state index in [-0.39, 0.29) is 36.2 Å². The standard InChI is InChI=1S/C40H52N6O8S/c1-53-34-19-25(30-14-9-10-15-32(30)41-34)21-45-22-26-23-46-35(31(26)24-45)36(47)43-40(38(49)44-55(51,52)29-17-18-29)20-27(40)11-5-3-2-4-6-16-33(37(46)48)42-39(50)54-28-12-7-8-13-28/h5,9-11,14-15,19,26-29,31,33,35H,2-4,6-8,12-13,16-18,20-24H2,1H3,(H,42,50)(H,43,47)(H,44,49)/b11-5-/t26-,27+,31-,33+,35-,40-/m0/s1. The van der Waals surface area contributed by atoms with Gasteiger partial charge in [-0.1, -0.05) is 43.2 Å². The number of likely N-dealkylation sites (tertiary alicyclic amines) is 1. The number of benzene rings is 1. The number of alkyl carbamates (subject to hydrolysis) is 1. The molecule has 1 aromatic heterocycles. The topological polar surface area (TPSA) is 176 Å². The summed E-state index contributed by atoms with van der Waals surface area (Å²) < 4.78 is 39.4. The normalized spacial score (nSPS) is 31.0. The Labute approximate surface area is 322 Å². The van der Waals surface area contributed by atoms with Gasteiger partial charge in [-0.2, -0.15) is 0 Å². The van der Waals surface area contributed by atoms with Crippen LogP contribution < -0.4 is 20.1 Å². The second kappa shape index (κ2) is 15.4. The van der Waals surface area contributed by atoms with E-state index in [4.69, 9.17) is 9.47 Å². The Hall–Kier alpha value is -4.24. The van der Waals surface area contributed by atoms with Crippen LogP contribution in [0.3, 0.4) is 0 Å². The minimum absolute atomic E-state index is 0.0606. The zero-order valence-electron chi connectivity index (χ0n) is 31.4. The molecule has 0 spiro atoms. The minimum Gasteiger partial charge on any atom is -0.481 e. The Balaban J connectivity index is 1.08. The number of carbonyl (C=O) groups excluding carboxylic acids is 4. The van der Waals surface area contributed by atoms with E-state index < -0.39 is 50.8 Å². The van der Waals surface area contributed by atoms with Gasteiger partial charge in [0.1, 0.15) is 23.7 Å². The van der Waals surface area contributed by atoms with Gasteiger partial charge in [0.05, 0.1) is 17.9 Å². The summed E-state index contributed by atoms with van der Waals surface area (Å²) in [5.74, 6) is -1.78. The molecule has 6 atom stereocenters. The maximum absolute atomic E-state index is 14.7. The fraction of sp³-hybridized carbons (Fsp3) is 0.625. The largest absolute Gasteiger partial charge is 0.481 e. The Morgan fingerprint density at radius 3 is 2.56 bits per heavy atom. The molecule has 2 saturated heterocycles. The fourth-order valence-corrected chi connectivity index (χ4v) is 10.7. The molecule has 8 rings (SSSR count). The van der Waals surface area contributed by atoms with E-state index in [0.29, 0.717) is 57.7 Å². The van der Waals surface area contributed by atoms with Gasteiger partial charge >= 0.3 is 6.09 Å². The van der Waals surface area contributed by atoms with Gasteiger partial charge in [-0.25, -0.2) is 18.2 Å². The lowest BCUT2D eigenvalue weighted by Gasteiger charge is -2.33. The van der Waals surface area contributed by atoms with Crippen molar-refractivity contribution in [1.29, 1.82) is 0 Å². The number of hydrogen-bond acceptors (Lipinski definition) is 10. The van der Waals surface area contributed by atoms with Crippen LogP contribution >= 0.6 is 0 Å². The molecule has 296 valence electrons. The lowest BCUT2D eigenvalue weighted by Crippen LogP contribution is -2.60. The molecule has 4 heterocycles. The molecule has 2 aromatic rings. The van der Waals surface area contributed by atoms with Gasteiger partial charge in [-0.15, -0.1) is 0 Å². The van der Waals surface area contributed by atoms with Crippen molar-refractivity contribution in [3.05, 3.63) is 48.0 Å². The Morgan fingerprint density at radius 1 is 1.00 bits per heavy atom. The van der Waals surface area contributed by atoms with Crippen molar-refractivity contribution in [1.82, 2.24) is 30.1 Å². The number of pyridine rings is 1. The zero-order valence-corrected chi connectivity index (χ0v) is 32.2. The number of sulfonamides is 1. The van der Waals surface area contributed by atoms with Crippen molar-refractivity contribution in [2.45, 2.75) is 113 Å². The van der Waals surface area contributed by atoms with Gasteiger partial charge in [0, 0.05) is 49.5 Å². The van der Waals surface area contributed by atoms with Crippen molar-refractivity contribution >= 4 is 44.7 Å². The summed E-state index contributed by atoms with van der Waals surface area (Å²) in [7, 11) is -2.28. The quantitative estimate of drug-likeness (QED) is 0.337. The molecule has 5 fully saturated rings. The number of para-hydroxylation sites is 1. The molecule has 15 heteroatoms. The lowest BCUT2D eigenvalue weighted by molar-refractivity contribution is -0.142. The molecule has 0 bridgehead atoms. The van der Waals surface area contributed by atoms with E-state index in [1.165, 1.54) is 0 Å². The number of rotatable bonds is 8. The molecular weight excluding hydrogens is 725 g/mol. The predicted octanol–water partition coefficient (Wildman–Crippen LogP) is 3.54. The van der Waals surface area contributed by atoms with Crippen molar-refractivity contribution < 1.29 is 37.1 Å². The van der Waals surface area contributed by atoms with Gasteiger partial charge < -0.3 is 25.0 Å². The number of methoxy groups -OCH3 is 1. The number of nitrogens with one attached hydrogen (secondary N) is 3. The highest BCUT2D eigenvalue weighted by Gasteiger charge is 2.63. The van der Waals surface area contributed by atoms with E-state index in [2.05, 4.69) is 25.2 Å². The van der Waals surface area contributed by atoms with Crippen LogP contribution in [0.2, 0.25) is 0 Å². The summed E-state index contributed by atoms with van der Waals surface area (Å²) in [6.45, 7) is 2.00. The smallest absolute Gasteiger partial charge is 0.408 e. The lowest BCUT2D eigenvalue weighted by atomic mass is 9.93. The van der Waals surface area contributed by atoms with Crippen molar-refractivity contribution in [2.24, 2.45) is 17.8 Å². The van der Waals surface area contributed by atoms with Gasteiger partial charge in [-0.3, -0.25) is 24.0 Å². The molecule has 14 nitrogen and oxygen atoms in total. The molecular formula is C40H52N6O8S. The number of aromatic nitrogens is 1. The van der Waals surface area contributed by atoms with Crippen LogP contribution in [0.25, 0.3) is 10.9 Å². The number of carbonyl (C=O) groups is 4. The third-order valence-corrected chi connectivity index (χ3v) is 14.4. The van der Waals surface area contributed by atoms with E-state index in [1.807, 2.05) is 42.5 Å². The summed E-state index contributed by atoms with van der Waals surface area (Å²) >= 11 is 0. The Kier molecular flexibility index (Phi) is 10.5. The monoisotopic (exact) mass is 776 g/mol. The first kappa shape index (κ1) is 37.7. The number of hydrogen-bond donors (Lipinski definition) is 3. The molecule has 6 aliphatic rings. The Morgan fingerprint density at radius 2 is 1.78 bits per heavy atom. The highest BCUT2D eigenvalue weighted by atomic mass is 32.2. The SMILES string of the molecule is COc1cc(CN2C[C@H]3CN4C(=O)[C@H](NC(=O)OC5CCCC5)CCCCC/C=C\[C@@H]5C[C@]5(C(=O)NS(=O)(=O)C5CC5)NC(=O)[C@@H]4[C@H]3C2)c2ccccc2n1. The van der Waals surface area contributed by atoms with Crippen LogP contribution in [-0.2, 0) is 35.7 Å². The zero-order chi connectivity index (χ0) is 38.3. The van der Waals surface area contributed by atoms with E-state index in [0.717, 1.165) is 61.4 Å². The molecule has 3 aliphatic carbocycles. The molecule has 3 saturated carbocycles. The molecule has 55 heavy (non-hydrogen) atoms. The van der Waals surface area contributed by atoms with E-state index in [1.54, 1.807) is 12.0 Å². The first-order valence-electron chi connectivity index (χ1n) is 20.0. The van der Waals surface area contributed by atoms with Crippen LogP contribution in [0.5, 0.6) is 5.88 Å². The predicted molar refractivity (Wildman–Crippen MR) is 203 cm³/mol. The number of allylic oxidation sites excluding steroid dienone is 1. The second-order valence-corrected chi connectivity index (χ2v) is 18.4. The van der Waals surface area contributed by atoms with Crippen molar-refractivity contribution in [2.75, 3.05) is 26.7 Å². The molecule has 3 N–H and O–H groups in total. The first-order valence-corrected chi connectivity index (χ1v) is 21.6. The number of ether oxygens (including phenoxy) is 2. The van der Waals surface area contributed by atoms with Crippen molar-refractivity contribution in [3.63, 3.8) is 0 Å². The van der Waals surface area contributed by atoms with Crippen LogP contribution in [0.4, 0.5) is 4.79 Å². The maximum Gasteiger partial charge on any atom is 0.408 e. The van der Waals surface area contributed by atoms with Crippen molar-refractivity contribution in [3.8, 4) is 5.88 Å². The molecule has 0 radical (unpaired) electrons. The summed E-state index contributed by atoms with van der Waals surface area (Å²) in [4.78, 5) is 64.9. The second-order valence-electron chi connectivity index (χ2n) is 16.4. The van der Waals surface area contributed by atoms with E-state index in [9.17, 15) is 27.6 Å². The van der Waals surface area contributed by atoms with Gasteiger partial charge in [-0.05, 0) is 81.8 Å². The fourth-order valence-electron chi connectivity index (χ4n) is 9.32. The summed E-state index contributed by atoms with van der Waals surface area (Å²) in [6.07, 6.45) is 11.4. The van der Waals surface area contributed by atoms with E-state index >= 15 is 0 Å². The first-order chi connectivity index (χ1) is 26.5. The van der Waals surface area contributed by atoms with Crippen LogP contribution in [-0.4, -0.2) is 103 Å². The third-order valence-electron chi connectivity index (χ3n) is 12.5. The minimum atomic E-state index is -3.87. The number of amides is 4. The number of fused-ring (bicyclic) bond motifs is 5. The van der Waals surface area contributed by atoms with Crippen LogP contribution in [0, 0.1) is 17.8 Å². The average molecular weight is 777 g/mol. The highest BCUT2D eigenvalue weighted by Crippen LogP contribution is 2.47. The third kappa shape index (κ3) is 7.91. The van der Waals surface area contributed by atoms with Crippen LogP contribution in [0.1, 0.15) is 82.6 Å².